The van der Waals surface area contributed by atoms with Crippen LogP contribution in [0.3, 0.4) is 0 Å². The molecule has 25 heavy (non-hydrogen) atoms. The molecule has 0 amide bonds. The second-order valence-electron chi connectivity index (χ2n) is 6.11. The smallest absolute Gasteiger partial charge is 1.00 e. The standard InChI is InChI=1S/C20H22N2O2.ClH/c1-21(2)12-13-24-20(23)18-15-22(14-16-8-4-3-5-9-16)19-11-7-6-10-17(18)19;/h3-11,15H,12-14H2,1-2H3;1H. The van der Waals surface area contributed by atoms with Crippen molar-refractivity contribution >= 4 is 16.9 Å². The van der Waals surface area contributed by atoms with Crippen LogP contribution in [0, 0.1) is 0 Å². The molecule has 132 valence electrons. The van der Waals surface area contributed by atoms with Gasteiger partial charge in [-0.15, -0.1) is 0 Å². The average molecular weight is 359 g/mol. The number of hydrogen-bond acceptors (Lipinski definition) is 3. The van der Waals surface area contributed by atoms with Crippen LogP contribution < -0.4 is 12.4 Å². The first-order valence-electron chi connectivity index (χ1n) is 8.09. The van der Waals surface area contributed by atoms with Crippen LogP contribution in [0.15, 0.2) is 60.8 Å². The number of fused-ring (bicyclic) bond motifs is 1. The van der Waals surface area contributed by atoms with Crippen LogP contribution in [0.5, 0.6) is 0 Å². The largest absolute Gasteiger partial charge is 1.00 e. The molecule has 1 heterocycles. The molecule has 0 saturated heterocycles. The highest BCUT2D eigenvalue weighted by atomic mass is 35.5. The number of likely N-dealkylation sites (N-methyl/N-ethyl adjacent to an activating group) is 1. The molecule has 0 aliphatic heterocycles. The Morgan fingerprint density at radius 3 is 2.48 bits per heavy atom. The topological polar surface area (TPSA) is 34.5 Å². The van der Waals surface area contributed by atoms with E-state index in [2.05, 4.69) is 16.7 Å². The number of carbonyl (C=O) groups excluding carboxylic acids is 1. The summed E-state index contributed by atoms with van der Waals surface area (Å²) in [4.78, 5) is 14.4. The van der Waals surface area contributed by atoms with E-state index in [1.54, 1.807) is 0 Å². The number of carbonyl (C=O) groups is 1. The highest BCUT2D eigenvalue weighted by Crippen LogP contribution is 2.23. The lowest BCUT2D eigenvalue weighted by Gasteiger charge is -2.09. The number of esters is 1. The Kier molecular flexibility index (Phi) is 6.62. The molecule has 2 aromatic carbocycles. The fourth-order valence-corrected chi connectivity index (χ4v) is 2.72. The van der Waals surface area contributed by atoms with Gasteiger partial charge >= 0.3 is 7.40 Å². The van der Waals surface area contributed by atoms with E-state index in [1.165, 1.54) is 5.56 Å². The molecular weight excluding hydrogens is 336 g/mol. The second-order valence-corrected chi connectivity index (χ2v) is 6.11. The Labute approximate surface area is 155 Å². The number of rotatable bonds is 6. The van der Waals surface area contributed by atoms with Gasteiger partial charge in [0.05, 0.1) is 5.56 Å². The van der Waals surface area contributed by atoms with Crippen LogP contribution >= 0.6 is 0 Å². The Morgan fingerprint density at radius 2 is 1.76 bits per heavy atom. The van der Waals surface area contributed by atoms with Crippen LogP contribution in [0.2, 0.25) is 0 Å². The minimum atomic E-state index is -0.264. The third kappa shape index (κ3) is 4.62. The molecule has 0 radical (unpaired) electrons. The maximum Gasteiger partial charge on any atom is 1.00 e. The minimum absolute atomic E-state index is 0. The van der Waals surface area contributed by atoms with E-state index in [0.29, 0.717) is 18.7 Å². The number of halogens is 1. The summed E-state index contributed by atoms with van der Waals surface area (Å²) >= 11 is 0. The Balaban J connectivity index is 0.00000169. The summed E-state index contributed by atoms with van der Waals surface area (Å²) in [5.74, 6) is -0.264. The van der Waals surface area contributed by atoms with Crippen molar-refractivity contribution in [2.24, 2.45) is 0 Å². The van der Waals surface area contributed by atoms with Crippen LogP contribution in [-0.4, -0.2) is 42.7 Å². The van der Waals surface area contributed by atoms with Gasteiger partial charge in [0.1, 0.15) is 6.61 Å². The summed E-state index contributed by atoms with van der Waals surface area (Å²) in [5.41, 5.74) is 2.87. The quantitative estimate of drug-likeness (QED) is 0.603. The van der Waals surface area contributed by atoms with Gasteiger partial charge < -0.3 is 26.6 Å². The predicted molar refractivity (Wildman–Crippen MR) is 97.4 cm³/mol. The maximum absolute atomic E-state index is 12.5. The van der Waals surface area contributed by atoms with Gasteiger partial charge in [-0.25, -0.2) is 4.79 Å². The molecule has 0 saturated carbocycles. The Morgan fingerprint density at radius 1 is 1.08 bits per heavy atom. The molecule has 0 aliphatic rings. The Bertz CT molecular complexity index is 834. The summed E-state index contributed by atoms with van der Waals surface area (Å²) in [7, 11) is 3.92. The molecule has 3 aromatic rings. The monoisotopic (exact) mass is 358 g/mol. The lowest BCUT2D eigenvalue weighted by atomic mass is 10.2. The molecule has 0 bridgehead atoms. The first-order chi connectivity index (χ1) is 11.6. The predicted octanol–water partition coefficient (Wildman–Crippen LogP) is 0.524. The van der Waals surface area contributed by atoms with Gasteiger partial charge in [-0.05, 0) is 25.7 Å². The Hall–Kier alpha value is -2.30. The lowest BCUT2D eigenvalue weighted by Crippen LogP contribution is -3.00. The van der Waals surface area contributed by atoms with Gasteiger partial charge in [-0.3, -0.25) is 0 Å². The van der Waals surface area contributed by atoms with Crippen molar-refractivity contribution in [2.75, 3.05) is 27.2 Å². The van der Waals surface area contributed by atoms with Crippen molar-refractivity contribution in [3.63, 3.8) is 0 Å². The third-order valence-electron chi connectivity index (χ3n) is 3.98. The van der Waals surface area contributed by atoms with Crippen LogP contribution in [0.25, 0.3) is 10.9 Å². The van der Waals surface area contributed by atoms with Gasteiger partial charge in [0.15, 0.2) is 0 Å². The van der Waals surface area contributed by atoms with Crippen molar-refractivity contribution in [1.82, 2.24) is 9.47 Å². The normalized spacial score (nSPS) is 10.7. The first kappa shape index (κ1) is 19.0. The number of hydrogen-bond donors (Lipinski definition) is 0. The molecule has 0 atom stereocenters. The second kappa shape index (κ2) is 8.70. The maximum atomic E-state index is 12.5. The summed E-state index contributed by atoms with van der Waals surface area (Å²) in [6.45, 7) is 1.84. The van der Waals surface area contributed by atoms with Crippen molar-refractivity contribution in [3.05, 3.63) is 71.9 Å². The molecule has 0 N–H and O–H groups in total. The number of ether oxygens (including phenoxy) is 1. The fourth-order valence-electron chi connectivity index (χ4n) is 2.72. The number of nitrogens with zero attached hydrogens (tertiary/aromatic N) is 2. The van der Waals surface area contributed by atoms with Crippen LogP contribution in [-0.2, 0) is 11.3 Å². The molecule has 5 heteroatoms. The van der Waals surface area contributed by atoms with E-state index < -0.39 is 0 Å². The van der Waals surface area contributed by atoms with Crippen molar-refractivity contribution in [1.29, 1.82) is 0 Å². The van der Waals surface area contributed by atoms with E-state index in [4.69, 9.17) is 4.74 Å². The molecule has 1 aromatic heterocycles. The first-order valence-corrected chi connectivity index (χ1v) is 8.09. The zero-order valence-corrected chi connectivity index (χ0v) is 15.2. The molecule has 0 fully saturated rings. The molecule has 0 unspecified atom stereocenters. The van der Waals surface area contributed by atoms with Gasteiger partial charge in [-0.2, -0.15) is 0 Å². The SMILES string of the molecule is CN(C)CCOC(=O)c1cn(Cc2ccccc2)c2ccccc12.[Cl-].[H+]. The number of para-hydroxylation sites is 1. The molecule has 0 aliphatic carbocycles. The zero-order chi connectivity index (χ0) is 16.9. The lowest BCUT2D eigenvalue weighted by molar-refractivity contribution is -0.0000241. The zero-order valence-electron chi connectivity index (χ0n) is 15.5. The van der Waals surface area contributed by atoms with Crippen LogP contribution in [0.1, 0.15) is 17.3 Å². The minimum Gasteiger partial charge on any atom is -1.00 e. The number of aromatic nitrogens is 1. The van der Waals surface area contributed by atoms with Crippen LogP contribution in [0.4, 0.5) is 0 Å². The molecule has 0 spiro atoms. The van der Waals surface area contributed by atoms with E-state index >= 15 is 0 Å². The average Bonchev–Trinajstić information content (AvgIpc) is 2.94. The van der Waals surface area contributed by atoms with Crippen molar-refractivity contribution in [2.45, 2.75) is 6.54 Å². The number of benzene rings is 2. The van der Waals surface area contributed by atoms with E-state index in [1.807, 2.05) is 67.7 Å². The van der Waals surface area contributed by atoms with E-state index in [0.717, 1.165) is 17.4 Å². The van der Waals surface area contributed by atoms with Gasteiger partial charge in [0.25, 0.3) is 0 Å². The molecular formula is C20H23ClN2O2. The summed E-state index contributed by atoms with van der Waals surface area (Å²) in [6.07, 6.45) is 1.90. The summed E-state index contributed by atoms with van der Waals surface area (Å²) in [5, 5.41) is 0.934. The van der Waals surface area contributed by atoms with Crippen molar-refractivity contribution < 1.29 is 23.4 Å². The highest BCUT2D eigenvalue weighted by Gasteiger charge is 2.16. The van der Waals surface area contributed by atoms with E-state index in [9.17, 15) is 4.79 Å². The van der Waals surface area contributed by atoms with Gasteiger partial charge in [0.2, 0.25) is 0 Å². The molecule has 4 nitrogen and oxygen atoms in total. The van der Waals surface area contributed by atoms with Gasteiger partial charge in [-0.1, -0.05) is 48.5 Å². The summed E-state index contributed by atoms with van der Waals surface area (Å²) in [6, 6.07) is 18.2. The highest BCUT2D eigenvalue weighted by molar-refractivity contribution is 6.04. The van der Waals surface area contributed by atoms with E-state index in [-0.39, 0.29) is 19.8 Å². The molecule has 3 rings (SSSR count). The van der Waals surface area contributed by atoms with Gasteiger partial charge in [0, 0.05) is 30.2 Å². The summed E-state index contributed by atoms with van der Waals surface area (Å²) < 4.78 is 7.52. The third-order valence-corrected chi connectivity index (χ3v) is 3.98. The fraction of sp³-hybridized carbons (Fsp3) is 0.250. The van der Waals surface area contributed by atoms with Crippen molar-refractivity contribution in [3.8, 4) is 0 Å².